The van der Waals surface area contributed by atoms with Crippen molar-refractivity contribution in [1.29, 1.82) is 0 Å². The van der Waals surface area contributed by atoms with Gasteiger partial charge < -0.3 is 0 Å². The average Bonchev–Trinajstić information content (AvgIpc) is 3.23. The molecule has 0 unspecified atom stereocenters. The second kappa shape index (κ2) is 6.80. The normalized spacial score (nSPS) is 11.5. The topological polar surface area (TPSA) is 59.8 Å². The molecule has 0 aliphatic carbocycles. The van der Waals surface area contributed by atoms with Crippen molar-refractivity contribution in [2.75, 3.05) is 5.32 Å². The Bertz CT molecular complexity index is 871. The lowest BCUT2D eigenvalue weighted by Crippen LogP contribution is -2.11. The molecule has 0 saturated heterocycles. The van der Waals surface area contributed by atoms with Crippen LogP contribution < -0.4 is 5.32 Å². The molecule has 2 heterocycles. The number of rotatable bonds is 4. The number of aromatic nitrogens is 3. The molecule has 1 N–H and O–H groups in total. The van der Waals surface area contributed by atoms with Gasteiger partial charge in [0.15, 0.2) is 5.13 Å². The minimum atomic E-state index is -0.191. The zero-order valence-corrected chi connectivity index (χ0v) is 15.7. The van der Waals surface area contributed by atoms with Crippen LogP contribution >= 0.6 is 11.3 Å². The number of benzene rings is 1. The molecule has 3 rings (SSSR count). The van der Waals surface area contributed by atoms with Gasteiger partial charge in [-0.2, -0.15) is 5.10 Å². The Labute approximate surface area is 151 Å². The fourth-order valence-electron chi connectivity index (χ4n) is 2.43. The van der Waals surface area contributed by atoms with Crippen molar-refractivity contribution in [3.05, 3.63) is 53.2 Å². The summed E-state index contributed by atoms with van der Waals surface area (Å²) in [4.78, 5) is 16.8. The van der Waals surface area contributed by atoms with E-state index >= 15 is 0 Å². The minimum absolute atomic E-state index is 0.128. The molecule has 2 aromatic heterocycles. The number of carbonyl (C=O) groups excluding carboxylic acids is 1. The van der Waals surface area contributed by atoms with Crippen molar-refractivity contribution in [3.8, 4) is 11.3 Å². The summed E-state index contributed by atoms with van der Waals surface area (Å²) in [6, 6.07) is 8.41. The van der Waals surface area contributed by atoms with Crippen molar-refractivity contribution in [2.45, 2.75) is 39.7 Å². The monoisotopic (exact) mass is 354 g/mol. The Morgan fingerprint density at radius 1 is 1.24 bits per heavy atom. The van der Waals surface area contributed by atoms with E-state index in [1.807, 2.05) is 12.3 Å². The van der Waals surface area contributed by atoms with Gasteiger partial charge in [0.05, 0.1) is 17.5 Å². The van der Waals surface area contributed by atoms with Crippen LogP contribution in [0.3, 0.4) is 0 Å². The van der Waals surface area contributed by atoms with Gasteiger partial charge in [-0.15, -0.1) is 11.3 Å². The number of carbonyl (C=O) groups is 1. The predicted molar refractivity (Wildman–Crippen MR) is 102 cm³/mol. The number of hydrogen-bond donors (Lipinski definition) is 1. The molecule has 0 spiro atoms. The van der Waals surface area contributed by atoms with Gasteiger partial charge in [-0.25, -0.2) is 4.98 Å². The van der Waals surface area contributed by atoms with Crippen LogP contribution in [0.4, 0.5) is 5.13 Å². The van der Waals surface area contributed by atoms with E-state index in [0.717, 1.165) is 17.8 Å². The highest BCUT2D eigenvalue weighted by molar-refractivity contribution is 7.14. The van der Waals surface area contributed by atoms with E-state index in [0.29, 0.717) is 10.7 Å². The fraction of sp³-hybridized carbons (Fsp3) is 0.316. The van der Waals surface area contributed by atoms with Crippen molar-refractivity contribution < 1.29 is 4.79 Å². The van der Waals surface area contributed by atoms with E-state index in [1.165, 1.54) is 16.9 Å². The number of nitrogens with one attached hydrogen (secondary N) is 1. The van der Waals surface area contributed by atoms with Crippen LogP contribution in [0.2, 0.25) is 0 Å². The van der Waals surface area contributed by atoms with Crippen LogP contribution in [0.15, 0.2) is 42.0 Å². The molecule has 0 radical (unpaired) electrons. The zero-order chi connectivity index (χ0) is 18.0. The molecule has 130 valence electrons. The Morgan fingerprint density at radius 2 is 1.96 bits per heavy atom. The van der Waals surface area contributed by atoms with Gasteiger partial charge >= 0.3 is 0 Å². The highest BCUT2D eigenvalue weighted by Crippen LogP contribution is 2.28. The molecule has 0 aliphatic heterocycles. The maximum absolute atomic E-state index is 12.2. The van der Waals surface area contributed by atoms with Crippen molar-refractivity contribution in [1.82, 2.24) is 14.8 Å². The first kappa shape index (κ1) is 17.4. The summed E-state index contributed by atoms with van der Waals surface area (Å²) in [5, 5.41) is 9.50. The van der Waals surface area contributed by atoms with E-state index in [4.69, 9.17) is 0 Å². The first-order chi connectivity index (χ1) is 11.9. The Hall–Kier alpha value is -2.47. The SMILES string of the molecule is CCn1cc(C(=O)Nc2nc(-c3ccc(C(C)(C)C)cc3)cs2)cn1. The number of aryl methyl sites for hydroxylation is 1. The molecule has 1 aromatic carbocycles. The van der Waals surface area contributed by atoms with Crippen LogP contribution in [0.5, 0.6) is 0 Å². The molecule has 0 fully saturated rings. The molecule has 5 nitrogen and oxygen atoms in total. The van der Waals surface area contributed by atoms with Crippen LogP contribution in [0.25, 0.3) is 11.3 Å². The average molecular weight is 354 g/mol. The lowest BCUT2D eigenvalue weighted by atomic mass is 9.86. The van der Waals surface area contributed by atoms with Gasteiger partial charge in [0.1, 0.15) is 0 Å². The first-order valence-electron chi connectivity index (χ1n) is 8.27. The largest absolute Gasteiger partial charge is 0.298 e. The Kier molecular flexibility index (Phi) is 4.72. The second-order valence-electron chi connectivity index (χ2n) is 6.90. The third-order valence-electron chi connectivity index (χ3n) is 3.99. The number of amides is 1. The summed E-state index contributed by atoms with van der Waals surface area (Å²) in [7, 11) is 0. The molecule has 25 heavy (non-hydrogen) atoms. The van der Waals surface area contributed by atoms with Crippen molar-refractivity contribution in [2.24, 2.45) is 0 Å². The van der Waals surface area contributed by atoms with Crippen LogP contribution in [0, 0.1) is 0 Å². The first-order valence-corrected chi connectivity index (χ1v) is 9.15. The number of thiazole rings is 1. The third kappa shape index (κ3) is 3.96. The Morgan fingerprint density at radius 3 is 2.56 bits per heavy atom. The second-order valence-corrected chi connectivity index (χ2v) is 7.76. The van der Waals surface area contributed by atoms with E-state index in [2.05, 4.69) is 60.4 Å². The molecule has 0 aliphatic rings. The lowest BCUT2D eigenvalue weighted by molar-refractivity contribution is 0.102. The van der Waals surface area contributed by atoms with Gasteiger partial charge in [0.2, 0.25) is 0 Å². The number of hydrogen-bond acceptors (Lipinski definition) is 4. The maximum Gasteiger partial charge on any atom is 0.260 e. The summed E-state index contributed by atoms with van der Waals surface area (Å²) >= 11 is 1.42. The number of anilines is 1. The summed E-state index contributed by atoms with van der Waals surface area (Å²) in [6.45, 7) is 9.30. The van der Waals surface area contributed by atoms with E-state index in [9.17, 15) is 4.79 Å². The lowest BCUT2D eigenvalue weighted by Gasteiger charge is -2.18. The van der Waals surface area contributed by atoms with Crippen molar-refractivity contribution >= 4 is 22.4 Å². The number of nitrogens with zero attached hydrogens (tertiary/aromatic N) is 3. The van der Waals surface area contributed by atoms with Gasteiger partial charge in [0, 0.05) is 23.7 Å². The quantitative estimate of drug-likeness (QED) is 0.746. The van der Waals surface area contributed by atoms with Crippen LogP contribution in [-0.4, -0.2) is 20.7 Å². The van der Waals surface area contributed by atoms with E-state index in [-0.39, 0.29) is 11.3 Å². The molecule has 1 amide bonds. The van der Waals surface area contributed by atoms with Gasteiger partial charge in [-0.1, -0.05) is 45.0 Å². The summed E-state index contributed by atoms with van der Waals surface area (Å²) < 4.78 is 1.72. The maximum atomic E-state index is 12.2. The predicted octanol–water partition coefficient (Wildman–Crippen LogP) is 4.58. The molecule has 0 saturated carbocycles. The molecule has 3 aromatic rings. The molecule has 0 atom stereocenters. The standard InChI is InChI=1S/C19H22N4OS/c1-5-23-11-14(10-20-23)17(24)22-18-21-16(12-25-18)13-6-8-15(9-7-13)19(2,3)4/h6-12H,5H2,1-4H3,(H,21,22,24). The fourth-order valence-corrected chi connectivity index (χ4v) is 3.14. The summed E-state index contributed by atoms with van der Waals surface area (Å²) in [6.07, 6.45) is 3.30. The summed E-state index contributed by atoms with van der Waals surface area (Å²) in [5.41, 5.74) is 3.86. The van der Waals surface area contributed by atoms with Crippen LogP contribution in [0.1, 0.15) is 43.6 Å². The molecular formula is C19H22N4OS. The highest BCUT2D eigenvalue weighted by Gasteiger charge is 2.14. The van der Waals surface area contributed by atoms with Gasteiger partial charge in [-0.3, -0.25) is 14.8 Å². The highest BCUT2D eigenvalue weighted by atomic mass is 32.1. The summed E-state index contributed by atoms with van der Waals surface area (Å²) in [5.74, 6) is -0.191. The molecule has 0 bridgehead atoms. The smallest absolute Gasteiger partial charge is 0.260 e. The third-order valence-corrected chi connectivity index (χ3v) is 4.75. The van der Waals surface area contributed by atoms with Crippen molar-refractivity contribution in [3.63, 3.8) is 0 Å². The van der Waals surface area contributed by atoms with E-state index < -0.39 is 0 Å². The zero-order valence-electron chi connectivity index (χ0n) is 14.9. The van der Waals surface area contributed by atoms with Crippen LogP contribution in [-0.2, 0) is 12.0 Å². The van der Waals surface area contributed by atoms with Gasteiger partial charge in [0.25, 0.3) is 5.91 Å². The van der Waals surface area contributed by atoms with Gasteiger partial charge in [-0.05, 0) is 17.9 Å². The molecule has 6 heteroatoms. The van der Waals surface area contributed by atoms with E-state index in [1.54, 1.807) is 17.1 Å². The minimum Gasteiger partial charge on any atom is -0.298 e. The molecular weight excluding hydrogens is 332 g/mol. The Balaban J connectivity index is 1.73.